The molecule has 2 nitrogen and oxygen atoms in total. The summed E-state index contributed by atoms with van der Waals surface area (Å²) in [5.74, 6) is 0. The SMILES string of the molecule is CCCNC(c1ccccc1)c1ncc(Br)cc1Br. The first-order chi connectivity index (χ1) is 9.22. The zero-order chi connectivity index (χ0) is 13.7. The number of halogens is 2. The van der Waals surface area contributed by atoms with Crippen molar-refractivity contribution in [1.82, 2.24) is 10.3 Å². The van der Waals surface area contributed by atoms with E-state index in [-0.39, 0.29) is 6.04 Å². The lowest BCUT2D eigenvalue weighted by Crippen LogP contribution is -2.24. The van der Waals surface area contributed by atoms with Crippen LogP contribution in [0.5, 0.6) is 0 Å². The lowest BCUT2D eigenvalue weighted by Gasteiger charge is -2.20. The Bertz CT molecular complexity index is 529. The molecule has 1 atom stereocenters. The third kappa shape index (κ3) is 3.88. The van der Waals surface area contributed by atoms with Crippen molar-refractivity contribution in [3.8, 4) is 0 Å². The van der Waals surface area contributed by atoms with Crippen molar-refractivity contribution >= 4 is 31.9 Å². The molecule has 2 rings (SSSR count). The Kier molecular flexibility index (Phi) is 5.55. The van der Waals surface area contributed by atoms with E-state index in [0.717, 1.165) is 27.6 Å². The van der Waals surface area contributed by atoms with E-state index in [2.05, 4.69) is 73.3 Å². The second-order valence-corrected chi connectivity index (χ2v) is 6.09. The first kappa shape index (κ1) is 14.7. The molecule has 4 heteroatoms. The van der Waals surface area contributed by atoms with Crippen LogP contribution in [-0.2, 0) is 0 Å². The van der Waals surface area contributed by atoms with E-state index < -0.39 is 0 Å². The van der Waals surface area contributed by atoms with Gasteiger partial charge in [-0.3, -0.25) is 4.98 Å². The van der Waals surface area contributed by atoms with Gasteiger partial charge in [0.1, 0.15) is 0 Å². The molecule has 0 aliphatic rings. The van der Waals surface area contributed by atoms with E-state index >= 15 is 0 Å². The molecule has 1 heterocycles. The number of hydrogen-bond donors (Lipinski definition) is 1. The van der Waals surface area contributed by atoms with Crippen LogP contribution in [-0.4, -0.2) is 11.5 Å². The summed E-state index contributed by atoms with van der Waals surface area (Å²) in [4.78, 5) is 4.55. The van der Waals surface area contributed by atoms with Crippen LogP contribution in [0.25, 0.3) is 0 Å². The summed E-state index contributed by atoms with van der Waals surface area (Å²) in [6, 6.07) is 12.6. The summed E-state index contributed by atoms with van der Waals surface area (Å²) in [6.45, 7) is 3.13. The number of nitrogens with zero attached hydrogens (tertiary/aromatic N) is 1. The van der Waals surface area contributed by atoms with E-state index in [9.17, 15) is 0 Å². The predicted octanol–water partition coefficient (Wildman–Crippen LogP) is 4.70. The average Bonchev–Trinajstić information content (AvgIpc) is 2.42. The van der Waals surface area contributed by atoms with Crippen LogP contribution in [0.4, 0.5) is 0 Å². The van der Waals surface area contributed by atoms with Gasteiger partial charge >= 0.3 is 0 Å². The maximum absolute atomic E-state index is 4.55. The highest BCUT2D eigenvalue weighted by atomic mass is 79.9. The number of aromatic nitrogens is 1. The van der Waals surface area contributed by atoms with Gasteiger partial charge in [-0.05, 0) is 56.5 Å². The normalized spacial score (nSPS) is 12.4. The number of nitrogens with one attached hydrogen (secondary N) is 1. The van der Waals surface area contributed by atoms with Crippen molar-refractivity contribution < 1.29 is 0 Å². The number of hydrogen-bond acceptors (Lipinski definition) is 2. The summed E-state index contributed by atoms with van der Waals surface area (Å²) in [6.07, 6.45) is 2.93. The van der Waals surface area contributed by atoms with Gasteiger partial charge in [-0.15, -0.1) is 0 Å². The Morgan fingerprint density at radius 1 is 1.21 bits per heavy atom. The van der Waals surface area contributed by atoms with Gasteiger partial charge in [-0.25, -0.2) is 0 Å². The van der Waals surface area contributed by atoms with Crippen molar-refractivity contribution in [1.29, 1.82) is 0 Å². The van der Waals surface area contributed by atoms with Crippen LogP contribution in [0.2, 0.25) is 0 Å². The fraction of sp³-hybridized carbons (Fsp3) is 0.267. The van der Waals surface area contributed by atoms with Gasteiger partial charge in [0.15, 0.2) is 0 Å². The predicted molar refractivity (Wildman–Crippen MR) is 86.2 cm³/mol. The Morgan fingerprint density at radius 3 is 2.58 bits per heavy atom. The average molecular weight is 384 g/mol. The summed E-state index contributed by atoms with van der Waals surface area (Å²) in [5.41, 5.74) is 2.24. The lowest BCUT2D eigenvalue weighted by molar-refractivity contribution is 0.584. The Morgan fingerprint density at radius 2 is 1.95 bits per heavy atom. The topological polar surface area (TPSA) is 24.9 Å². The van der Waals surface area contributed by atoms with Gasteiger partial charge in [0.25, 0.3) is 0 Å². The molecule has 0 saturated heterocycles. The molecule has 1 unspecified atom stereocenters. The second kappa shape index (κ2) is 7.17. The molecule has 100 valence electrons. The van der Waals surface area contributed by atoms with E-state index in [1.807, 2.05) is 18.3 Å². The number of benzene rings is 1. The zero-order valence-electron chi connectivity index (χ0n) is 10.7. The van der Waals surface area contributed by atoms with Crippen molar-refractivity contribution in [3.63, 3.8) is 0 Å². The lowest BCUT2D eigenvalue weighted by atomic mass is 10.0. The van der Waals surface area contributed by atoms with E-state index in [1.165, 1.54) is 5.56 Å². The van der Waals surface area contributed by atoms with Gasteiger partial charge in [0.2, 0.25) is 0 Å². The minimum Gasteiger partial charge on any atom is -0.305 e. The molecule has 0 amide bonds. The Hall–Kier alpha value is -0.710. The zero-order valence-corrected chi connectivity index (χ0v) is 13.9. The van der Waals surface area contributed by atoms with Gasteiger partial charge in [0.05, 0.1) is 11.7 Å². The highest BCUT2D eigenvalue weighted by Crippen LogP contribution is 2.28. The summed E-state index contributed by atoms with van der Waals surface area (Å²) in [7, 11) is 0. The van der Waals surface area contributed by atoms with E-state index in [0.29, 0.717) is 0 Å². The largest absolute Gasteiger partial charge is 0.305 e. The minimum atomic E-state index is 0.114. The Labute approximate surface area is 130 Å². The molecule has 0 fully saturated rings. The molecule has 0 saturated carbocycles. The van der Waals surface area contributed by atoms with Crippen molar-refractivity contribution in [2.45, 2.75) is 19.4 Å². The molecular formula is C15H16Br2N2. The molecule has 1 aromatic carbocycles. The smallest absolute Gasteiger partial charge is 0.0763 e. The van der Waals surface area contributed by atoms with E-state index in [1.54, 1.807) is 0 Å². The molecule has 19 heavy (non-hydrogen) atoms. The van der Waals surface area contributed by atoms with Crippen molar-refractivity contribution in [3.05, 3.63) is 62.8 Å². The fourth-order valence-corrected chi connectivity index (χ4v) is 3.16. The third-order valence-electron chi connectivity index (χ3n) is 2.84. The first-order valence-electron chi connectivity index (χ1n) is 6.31. The van der Waals surface area contributed by atoms with Crippen LogP contribution < -0.4 is 5.32 Å². The first-order valence-corrected chi connectivity index (χ1v) is 7.90. The highest BCUT2D eigenvalue weighted by Gasteiger charge is 2.17. The molecule has 0 aliphatic heterocycles. The van der Waals surface area contributed by atoms with Gasteiger partial charge in [0, 0.05) is 15.1 Å². The van der Waals surface area contributed by atoms with Crippen molar-refractivity contribution in [2.24, 2.45) is 0 Å². The van der Waals surface area contributed by atoms with Crippen LogP contribution in [0.1, 0.15) is 30.6 Å². The summed E-state index contributed by atoms with van der Waals surface area (Å²) in [5, 5.41) is 3.55. The number of pyridine rings is 1. The van der Waals surface area contributed by atoms with Crippen LogP contribution in [0, 0.1) is 0 Å². The summed E-state index contributed by atoms with van der Waals surface area (Å²) >= 11 is 7.05. The fourth-order valence-electron chi connectivity index (χ4n) is 1.94. The molecule has 1 aromatic heterocycles. The molecule has 2 aromatic rings. The van der Waals surface area contributed by atoms with Crippen LogP contribution in [0.3, 0.4) is 0 Å². The maximum Gasteiger partial charge on any atom is 0.0763 e. The quantitative estimate of drug-likeness (QED) is 0.809. The molecule has 0 radical (unpaired) electrons. The molecule has 0 bridgehead atoms. The summed E-state index contributed by atoms with van der Waals surface area (Å²) < 4.78 is 1.99. The standard InChI is InChI=1S/C15H16Br2N2/c1-2-8-18-14(11-6-4-3-5-7-11)15-13(17)9-12(16)10-19-15/h3-7,9-10,14,18H,2,8H2,1H3. The van der Waals surface area contributed by atoms with Gasteiger partial charge in [-0.1, -0.05) is 37.3 Å². The molecular weight excluding hydrogens is 368 g/mol. The maximum atomic E-state index is 4.55. The van der Waals surface area contributed by atoms with Gasteiger partial charge < -0.3 is 5.32 Å². The molecule has 1 N–H and O–H groups in total. The number of rotatable bonds is 5. The van der Waals surface area contributed by atoms with Crippen molar-refractivity contribution in [2.75, 3.05) is 6.54 Å². The third-order valence-corrected chi connectivity index (χ3v) is 3.91. The van der Waals surface area contributed by atoms with Crippen LogP contribution >= 0.6 is 31.9 Å². The molecule has 0 aliphatic carbocycles. The van der Waals surface area contributed by atoms with Crippen LogP contribution in [0.15, 0.2) is 51.5 Å². The van der Waals surface area contributed by atoms with Gasteiger partial charge in [-0.2, -0.15) is 0 Å². The second-order valence-electron chi connectivity index (χ2n) is 4.32. The monoisotopic (exact) mass is 382 g/mol. The highest BCUT2D eigenvalue weighted by molar-refractivity contribution is 9.11. The molecule has 0 spiro atoms. The minimum absolute atomic E-state index is 0.114. The Balaban J connectivity index is 2.37. The van der Waals surface area contributed by atoms with E-state index in [4.69, 9.17) is 0 Å².